The monoisotopic (exact) mass is 288 g/mol. The molecule has 0 radical (unpaired) electrons. The average molecular weight is 288 g/mol. The van der Waals surface area contributed by atoms with Gasteiger partial charge in [0.05, 0.1) is 32.2 Å². The van der Waals surface area contributed by atoms with Gasteiger partial charge in [-0.2, -0.15) is 0 Å². The van der Waals surface area contributed by atoms with Gasteiger partial charge in [0.2, 0.25) is 5.88 Å². The molecule has 1 unspecified atom stereocenters. The lowest BCUT2D eigenvalue weighted by atomic mass is 10.1. The van der Waals surface area contributed by atoms with Gasteiger partial charge < -0.3 is 19.9 Å². The molecule has 1 aromatic heterocycles. The summed E-state index contributed by atoms with van der Waals surface area (Å²) < 4.78 is 10.3. The van der Waals surface area contributed by atoms with Crippen molar-refractivity contribution in [2.75, 3.05) is 26.1 Å². The van der Waals surface area contributed by atoms with Gasteiger partial charge in [-0.05, 0) is 25.1 Å². The first kappa shape index (κ1) is 15.1. The second kappa shape index (κ2) is 6.95. The Hall–Kier alpha value is -2.27. The zero-order chi connectivity index (χ0) is 15.2. The van der Waals surface area contributed by atoms with Crippen molar-refractivity contribution in [2.24, 2.45) is 0 Å². The van der Waals surface area contributed by atoms with Crippen LogP contribution in [-0.4, -0.2) is 30.9 Å². The number of methoxy groups -OCH3 is 2. The van der Waals surface area contributed by atoms with E-state index in [1.807, 2.05) is 31.2 Å². The molecule has 0 aliphatic rings. The van der Waals surface area contributed by atoms with Crippen LogP contribution in [0.5, 0.6) is 11.6 Å². The molecule has 2 N–H and O–H groups in total. The van der Waals surface area contributed by atoms with Crippen LogP contribution in [-0.2, 0) is 0 Å². The van der Waals surface area contributed by atoms with Crippen molar-refractivity contribution >= 4 is 5.69 Å². The van der Waals surface area contributed by atoms with E-state index in [2.05, 4.69) is 10.3 Å². The van der Waals surface area contributed by atoms with E-state index in [0.29, 0.717) is 18.2 Å². The molecular weight excluding hydrogens is 268 g/mol. The molecular formula is C16H20N2O3. The molecule has 2 rings (SSSR count). The number of rotatable bonds is 6. The standard InChI is InChI=1S/C16H20N2O3/c1-11-4-6-15(20-2)13(8-11)14(19)10-17-12-5-7-16(21-3)18-9-12/h4-9,14,17,19H,10H2,1-3H3. The molecule has 5 nitrogen and oxygen atoms in total. The fourth-order valence-electron chi connectivity index (χ4n) is 2.04. The number of hydrogen-bond donors (Lipinski definition) is 2. The normalized spacial score (nSPS) is 11.8. The number of hydrogen-bond acceptors (Lipinski definition) is 5. The van der Waals surface area contributed by atoms with Crippen LogP contribution in [0.2, 0.25) is 0 Å². The molecule has 2 aromatic rings. The van der Waals surface area contributed by atoms with Gasteiger partial charge in [-0.3, -0.25) is 0 Å². The summed E-state index contributed by atoms with van der Waals surface area (Å²) in [5.41, 5.74) is 2.67. The minimum Gasteiger partial charge on any atom is -0.496 e. The number of pyridine rings is 1. The predicted molar refractivity (Wildman–Crippen MR) is 82.0 cm³/mol. The Morgan fingerprint density at radius 2 is 2.00 bits per heavy atom. The Balaban J connectivity index is 2.03. The number of anilines is 1. The number of aliphatic hydroxyl groups excluding tert-OH is 1. The molecule has 0 aliphatic heterocycles. The molecule has 5 heteroatoms. The second-order valence-electron chi connectivity index (χ2n) is 4.73. The summed E-state index contributed by atoms with van der Waals surface area (Å²) >= 11 is 0. The quantitative estimate of drug-likeness (QED) is 0.855. The highest BCUT2D eigenvalue weighted by Gasteiger charge is 2.13. The Bertz CT molecular complexity index is 585. The Morgan fingerprint density at radius 1 is 1.19 bits per heavy atom. The number of nitrogens with one attached hydrogen (secondary N) is 1. The highest BCUT2D eigenvalue weighted by Crippen LogP contribution is 2.26. The van der Waals surface area contributed by atoms with Gasteiger partial charge in [-0.15, -0.1) is 0 Å². The van der Waals surface area contributed by atoms with Crippen molar-refractivity contribution in [3.8, 4) is 11.6 Å². The lowest BCUT2D eigenvalue weighted by molar-refractivity contribution is 0.187. The highest BCUT2D eigenvalue weighted by molar-refractivity contribution is 5.44. The van der Waals surface area contributed by atoms with E-state index >= 15 is 0 Å². The summed E-state index contributed by atoms with van der Waals surface area (Å²) in [5.74, 6) is 1.24. The van der Waals surface area contributed by atoms with E-state index in [0.717, 1.165) is 16.8 Å². The van der Waals surface area contributed by atoms with Crippen LogP contribution in [0.4, 0.5) is 5.69 Å². The summed E-state index contributed by atoms with van der Waals surface area (Å²) in [4.78, 5) is 4.10. The maximum absolute atomic E-state index is 10.3. The van der Waals surface area contributed by atoms with Crippen LogP contribution in [0.1, 0.15) is 17.2 Å². The third kappa shape index (κ3) is 3.86. The van der Waals surface area contributed by atoms with Gasteiger partial charge in [-0.1, -0.05) is 11.6 Å². The van der Waals surface area contributed by atoms with Crippen molar-refractivity contribution in [2.45, 2.75) is 13.0 Å². The predicted octanol–water partition coefficient (Wildman–Crippen LogP) is 2.55. The fourth-order valence-corrected chi connectivity index (χ4v) is 2.04. The Kier molecular flexibility index (Phi) is 5.00. The van der Waals surface area contributed by atoms with Gasteiger partial charge in [0.15, 0.2) is 0 Å². The third-order valence-corrected chi connectivity index (χ3v) is 3.19. The largest absolute Gasteiger partial charge is 0.496 e. The average Bonchev–Trinajstić information content (AvgIpc) is 2.53. The molecule has 0 saturated heterocycles. The van der Waals surface area contributed by atoms with Crippen molar-refractivity contribution in [3.05, 3.63) is 47.7 Å². The molecule has 0 bridgehead atoms. The first-order chi connectivity index (χ1) is 10.1. The highest BCUT2D eigenvalue weighted by atomic mass is 16.5. The van der Waals surface area contributed by atoms with Gasteiger partial charge >= 0.3 is 0 Å². The zero-order valence-electron chi connectivity index (χ0n) is 12.5. The lowest BCUT2D eigenvalue weighted by Crippen LogP contribution is -2.13. The molecule has 1 heterocycles. The minimum atomic E-state index is -0.665. The van der Waals surface area contributed by atoms with Crippen LogP contribution < -0.4 is 14.8 Å². The number of benzene rings is 1. The number of nitrogens with zero attached hydrogens (tertiary/aromatic N) is 1. The Labute approximate surface area is 124 Å². The number of ether oxygens (including phenoxy) is 2. The third-order valence-electron chi connectivity index (χ3n) is 3.19. The molecule has 0 fully saturated rings. The fraction of sp³-hybridized carbons (Fsp3) is 0.312. The number of aryl methyl sites for hydroxylation is 1. The van der Waals surface area contributed by atoms with E-state index in [-0.39, 0.29) is 0 Å². The van der Waals surface area contributed by atoms with Crippen LogP contribution in [0.3, 0.4) is 0 Å². The molecule has 1 atom stereocenters. The van der Waals surface area contributed by atoms with E-state index in [4.69, 9.17) is 9.47 Å². The smallest absolute Gasteiger partial charge is 0.213 e. The summed E-state index contributed by atoms with van der Waals surface area (Å²) in [7, 11) is 3.17. The summed E-state index contributed by atoms with van der Waals surface area (Å²) in [6.07, 6.45) is 1.00. The maximum Gasteiger partial charge on any atom is 0.213 e. The van der Waals surface area contributed by atoms with E-state index in [1.165, 1.54) is 0 Å². The summed E-state index contributed by atoms with van der Waals surface area (Å²) in [5, 5.41) is 13.5. The molecule has 21 heavy (non-hydrogen) atoms. The van der Waals surface area contributed by atoms with E-state index in [9.17, 15) is 5.11 Å². The molecule has 1 aromatic carbocycles. The maximum atomic E-state index is 10.3. The van der Waals surface area contributed by atoms with E-state index in [1.54, 1.807) is 26.5 Å². The van der Waals surface area contributed by atoms with Crippen LogP contribution in [0.25, 0.3) is 0 Å². The molecule has 112 valence electrons. The van der Waals surface area contributed by atoms with Crippen LogP contribution in [0.15, 0.2) is 36.5 Å². The minimum absolute atomic E-state index is 0.369. The lowest BCUT2D eigenvalue weighted by Gasteiger charge is -2.16. The molecule has 0 amide bonds. The van der Waals surface area contributed by atoms with Crippen LogP contribution >= 0.6 is 0 Å². The zero-order valence-corrected chi connectivity index (χ0v) is 12.5. The SMILES string of the molecule is COc1ccc(NCC(O)c2cc(C)ccc2OC)cn1. The van der Waals surface area contributed by atoms with Gasteiger partial charge in [0, 0.05) is 18.2 Å². The second-order valence-corrected chi connectivity index (χ2v) is 4.73. The van der Waals surface area contributed by atoms with Gasteiger partial charge in [-0.25, -0.2) is 4.98 Å². The van der Waals surface area contributed by atoms with Crippen molar-refractivity contribution in [1.82, 2.24) is 4.98 Å². The van der Waals surface area contributed by atoms with E-state index < -0.39 is 6.10 Å². The first-order valence-electron chi connectivity index (χ1n) is 6.70. The van der Waals surface area contributed by atoms with Crippen molar-refractivity contribution in [3.63, 3.8) is 0 Å². The first-order valence-corrected chi connectivity index (χ1v) is 6.70. The number of aromatic nitrogens is 1. The van der Waals surface area contributed by atoms with Gasteiger partial charge in [0.1, 0.15) is 5.75 Å². The van der Waals surface area contributed by atoms with Crippen molar-refractivity contribution < 1.29 is 14.6 Å². The van der Waals surface area contributed by atoms with Crippen LogP contribution in [0, 0.1) is 6.92 Å². The molecule has 0 aliphatic carbocycles. The summed E-state index contributed by atoms with van der Waals surface area (Å²) in [6.45, 7) is 2.35. The topological polar surface area (TPSA) is 63.6 Å². The van der Waals surface area contributed by atoms with Crippen molar-refractivity contribution in [1.29, 1.82) is 0 Å². The molecule has 0 spiro atoms. The molecule has 0 saturated carbocycles. The summed E-state index contributed by atoms with van der Waals surface area (Å²) in [6, 6.07) is 9.37. The number of aliphatic hydroxyl groups is 1. The van der Waals surface area contributed by atoms with Gasteiger partial charge in [0.25, 0.3) is 0 Å². The Morgan fingerprint density at radius 3 is 2.62 bits per heavy atom.